The summed E-state index contributed by atoms with van der Waals surface area (Å²) >= 11 is 0. The molecule has 19 heavy (non-hydrogen) atoms. The number of hydrogen-bond donors (Lipinski definition) is 3. The number of halogens is 2. The van der Waals surface area contributed by atoms with Crippen LogP contribution >= 0.6 is 24.8 Å². The smallest absolute Gasteiger partial charge is 0.221 e. The number of aliphatic hydroxyl groups is 1. The lowest BCUT2D eigenvalue weighted by Gasteiger charge is -2.14. The first-order valence-electron chi connectivity index (χ1n) is 5.87. The maximum Gasteiger partial charge on any atom is 0.221 e. The van der Waals surface area contributed by atoms with E-state index in [1.54, 1.807) is 12.5 Å². The molecule has 1 aromatic rings. The van der Waals surface area contributed by atoms with Gasteiger partial charge in [-0.05, 0) is 0 Å². The lowest BCUT2D eigenvalue weighted by atomic mass is 10.1. The van der Waals surface area contributed by atoms with Crippen molar-refractivity contribution < 1.29 is 9.90 Å². The van der Waals surface area contributed by atoms with E-state index in [1.807, 2.05) is 10.8 Å². The molecule has 2 rings (SSSR count). The molecule has 2 unspecified atom stereocenters. The summed E-state index contributed by atoms with van der Waals surface area (Å²) in [5.74, 6) is 0.144. The van der Waals surface area contributed by atoms with E-state index in [2.05, 4.69) is 15.6 Å². The Bertz CT molecular complexity index is 362. The molecule has 0 spiro atoms. The predicted octanol–water partition coefficient (Wildman–Crippen LogP) is -0.187. The molecule has 0 aromatic carbocycles. The molecule has 1 amide bonds. The molecule has 8 heteroatoms. The van der Waals surface area contributed by atoms with Crippen LogP contribution in [0.5, 0.6) is 0 Å². The van der Waals surface area contributed by atoms with Crippen LogP contribution in [0.1, 0.15) is 6.42 Å². The van der Waals surface area contributed by atoms with Crippen LogP contribution in [0.25, 0.3) is 0 Å². The van der Waals surface area contributed by atoms with Crippen molar-refractivity contribution in [2.75, 3.05) is 19.6 Å². The number of nitrogens with zero attached hydrogens (tertiary/aromatic N) is 2. The zero-order valence-corrected chi connectivity index (χ0v) is 12.1. The Labute approximate surface area is 124 Å². The molecule has 6 nitrogen and oxygen atoms in total. The van der Waals surface area contributed by atoms with Gasteiger partial charge in [0.15, 0.2) is 0 Å². The molecule has 0 aliphatic carbocycles. The maximum absolute atomic E-state index is 11.6. The first-order chi connectivity index (χ1) is 8.25. The second kappa shape index (κ2) is 9.14. The summed E-state index contributed by atoms with van der Waals surface area (Å²) in [5.41, 5.74) is 0. The Morgan fingerprint density at radius 1 is 1.47 bits per heavy atom. The highest BCUT2D eigenvalue weighted by Crippen LogP contribution is 2.06. The molecular formula is C11H20Cl2N4O2. The number of rotatable bonds is 5. The van der Waals surface area contributed by atoms with Gasteiger partial charge in [0.25, 0.3) is 0 Å². The number of aliphatic hydroxyl groups excluding tert-OH is 1. The number of hydrogen-bond acceptors (Lipinski definition) is 4. The second-order valence-electron chi connectivity index (χ2n) is 4.34. The lowest BCUT2D eigenvalue weighted by molar-refractivity contribution is -0.121. The standard InChI is InChI=1S/C11H18N4O2.2ClH/c16-10-7-13-5-9(10)6-14-11(17)1-3-15-4-2-12-8-15;;/h2,4,8-10,13,16H,1,3,5-7H2,(H,14,17);2*1H. The van der Waals surface area contributed by atoms with Gasteiger partial charge < -0.3 is 20.3 Å². The third-order valence-electron chi connectivity index (χ3n) is 3.02. The van der Waals surface area contributed by atoms with Gasteiger partial charge in [0.1, 0.15) is 0 Å². The van der Waals surface area contributed by atoms with Gasteiger partial charge in [-0.2, -0.15) is 0 Å². The van der Waals surface area contributed by atoms with Crippen LogP contribution < -0.4 is 10.6 Å². The van der Waals surface area contributed by atoms with Crippen molar-refractivity contribution in [3.05, 3.63) is 18.7 Å². The van der Waals surface area contributed by atoms with Crippen molar-refractivity contribution in [3.8, 4) is 0 Å². The fourth-order valence-corrected chi connectivity index (χ4v) is 1.91. The summed E-state index contributed by atoms with van der Waals surface area (Å²) in [4.78, 5) is 15.5. The van der Waals surface area contributed by atoms with Gasteiger partial charge in [-0.25, -0.2) is 4.98 Å². The van der Waals surface area contributed by atoms with Crippen molar-refractivity contribution in [2.45, 2.75) is 19.1 Å². The molecule has 110 valence electrons. The molecule has 2 heterocycles. The summed E-state index contributed by atoms with van der Waals surface area (Å²) in [6.07, 6.45) is 5.31. The van der Waals surface area contributed by atoms with Crippen LogP contribution in [-0.2, 0) is 11.3 Å². The lowest BCUT2D eigenvalue weighted by Crippen LogP contribution is -2.34. The molecule has 1 aliphatic heterocycles. The molecule has 0 radical (unpaired) electrons. The van der Waals surface area contributed by atoms with E-state index in [0.29, 0.717) is 26.1 Å². The predicted molar refractivity (Wildman–Crippen MR) is 76.7 cm³/mol. The monoisotopic (exact) mass is 310 g/mol. The quantitative estimate of drug-likeness (QED) is 0.704. The normalized spacial score (nSPS) is 21.3. The zero-order chi connectivity index (χ0) is 12.1. The van der Waals surface area contributed by atoms with Gasteiger partial charge in [0.05, 0.1) is 12.4 Å². The van der Waals surface area contributed by atoms with Crippen molar-refractivity contribution in [1.29, 1.82) is 0 Å². The fourth-order valence-electron chi connectivity index (χ4n) is 1.91. The summed E-state index contributed by atoms with van der Waals surface area (Å²) in [7, 11) is 0. The van der Waals surface area contributed by atoms with E-state index in [0.717, 1.165) is 6.54 Å². The van der Waals surface area contributed by atoms with Gasteiger partial charge in [0.2, 0.25) is 5.91 Å². The van der Waals surface area contributed by atoms with Crippen molar-refractivity contribution in [3.63, 3.8) is 0 Å². The Morgan fingerprint density at radius 2 is 2.26 bits per heavy atom. The summed E-state index contributed by atoms with van der Waals surface area (Å²) in [6.45, 7) is 2.56. The Kier molecular flexibility index (Phi) is 8.75. The number of carbonyl (C=O) groups is 1. The minimum absolute atomic E-state index is 0. The summed E-state index contributed by atoms with van der Waals surface area (Å²) < 4.78 is 1.87. The minimum Gasteiger partial charge on any atom is -0.391 e. The number of amides is 1. The van der Waals surface area contributed by atoms with E-state index >= 15 is 0 Å². The highest BCUT2D eigenvalue weighted by atomic mass is 35.5. The van der Waals surface area contributed by atoms with Crippen LogP contribution in [-0.4, -0.2) is 46.3 Å². The van der Waals surface area contributed by atoms with E-state index in [9.17, 15) is 9.90 Å². The van der Waals surface area contributed by atoms with Crippen molar-refractivity contribution >= 4 is 30.7 Å². The van der Waals surface area contributed by atoms with E-state index in [4.69, 9.17) is 0 Å². The number of carbonyl (C=O) groups excluding carboxylic acids is 1. The van der Waals surface area contributed by atoms with E-state index in [1.165, 1.54) is 0 Å². The number of imidazole rings is 1. The maximum atomic E-state index is 11.6. The van der Waals surface area contributed by atoms with Gasteiger partial charge in [-0.3, -0.25) is 4.79 Å². The van der Waals surface area contributed by atoms with Crippen LogP contribution in [0.2, 0.25) is 0 Å². The average Bonchev–Trinajstić information content (AvgIpc) is 2.95. The van der Waals surface area contributed by atoms with Crippen molar-refractivity contribution in [1.82, 2.24) is 20.2 Å². The SMILES string of the molecule is Cl.Cl.O=C(CCn1ccnc1)NCC1CNCC1O. The Morgan fingerprint density at radius 3 is 2.84 bits per heavy atom. The summed E-state index contributed by atoms with van der Waals surface area (Å²) in [6, 6.07) is 0. The molecule has 0 bridgehead atoms. The molecule has 2 atom stereocenters. The second-order valence-corrected chi connectivity index (χ2v) is 4.34. The number of nitrogens with one attached hydrogen (secondary N) is 2. The largest absolute Gasteiger partial charge is 0.391 e. The molecular weight excluding hydrogens is 291 g/mol. The molecule has 1 aromatic heterocycles. The molecule has 1 aliphatic rings. The zero-order valence-electron chi connectivity index (χ0n) is 10.5. The average molecular weight is 311 g/mol. The van der Waals surface area contributed by atoms with Gasteiger partial charge >= 0.3 is 0 Å². The van der Waals surface area contributed by atoms with Crippen LogP contribution in [0.15, 0.2) is 18.7 Å². The van der Waals surface area contributed by atoms with E-state index in [-0.39, 0.29) is 42.7 Å². The highest BCUT2D eigenvalue weighted by molar-refractivity contribution is 5.85. The summed E-state index contributed by atoms with van der Waals surface area (Å²) in [5, 5.41) is 15.5. The topological polar surface area (TPSA) is 79.2 Å². The third-order valence-corrected chi connectivity index (χ3v) is 3.02. The van der Waals surface area contributed by atoms with Crippen molar-refractivity contribution in [2.24, 2.45) is 5.92 Å². The van der Waals surface area contributed by atoms with Crippen LogP contribution in [0.3, 0.4) is 0 Å². The molecule has 0 saturated carbocycles. The molecule has 3 N–H and O–H groups in total. The van der Waals surface area contributed by atoms with Crippen LogP contribution in [0, 0.1) is 5.92 Å². The van der Waals surface area contributed by atoms with Gasteiger partial charge in [0, 0.05) is 50.9 Å². The Hall–Kier alpha value is -0.820. The number of aryl methyl sites for hydroxylation is 1. The molecule has 1 fully saturated rings. The van der Waals surface area contributed by atoms with Gasteiger partial charge in [-0.1, -0.05) is 0 Å². The molecule has 1 saturated heterocycles. The fraction of sp³-hybridized carbons (Fsp3) is 0.636. The minimum atomic E-state index is -0.344. The number of β-amino-alcohol motifs (C(OH)–C–C–N with tert-alkyl or cyclic N) is 1. The van der Waals surface area contributed by atoms with Crippen LogP contribution in [0.4, 0.5) is 0 Å². The van der Waals surface area contributed by atoms with Gasteiger partial charge in [-0.15, -0.1) is 24.8 Å². The Balaban J connectivity index is 0.00000162. The highest BCUT2D eigenvalue weighted by Gasteiger charge is 2.24. The third kappa shape index (κ3) is 5.78. The number of aromatic nitrogens is 2. The first-order valence-corrected chi connectivity index (χ1v) is 5.87. The first kappa shape index (κ1) is 18.2. The van der Waals surface area contributed by atoms with E-state index < -0.39 is 0 Å².